The highest BCUT2D eigenvalue weighted by Gasteiger charge is 2.04. The lowest BCUT2D eigenvalue weighted by atomic mass is 10.1. The van der Waals surface area contributed by atoms with Crippen LogP contribution in [0.3, 0.4) is 0 Å². The van der Waals surface area contributed by atoms with Crippen molar-refractivity contribution in [3.8, 4) is 5.75 Å². The number of nitrogens with one attached hydrogen (secondary N) is 1. The Bertz CT molecular complexity index is 624. The lowest BCUT2D eigenvalue weighted by Gasteiger charge is -2.09. The Morgan fingerprint density at radius 2 is 1.95 bits per heavy atom. The van der Waals surface area contributed by atoms with Gasteiger partial charge in [-0.05, 0) is 54.8 Å². The number of rotatable bonds is 4. The zero-order valence-corrected chi connectivity index (χ0v) is 11.6. The summed E-state index contributed by atoms with van der Waals surface area (Å²) in [5.41, 5.74) is 5.99. The number of carbonyl (C=O) groups is 1. The maximum Gasteiger partial charge on any atom is 0.265 e. The molecule has 0 heterocycles. The van der Waals surface area contributed by atoms with Gasteiger partial charge in [-0.2, -0.15) is 0 Å². The highest BCUT2D eigenvalue weighted by molar-refractivity contribution is 5.93. The fourth-order valence-electron chi connectivity index (χ4n) is 1.86. The summed E-state index contributed by atoms with van der Waals surface area (Å²) in [6.07, 6.45) is 0. The molecule has 4 nitrogen and oxygen atoms in total. The van der Waals surface area contributed by atoms with Crippen LogP contribution in [0.2, 0.25) is 0 Å². The van der Waals surface area contributed by atoms with Crippen molar-refractivity contribution in [2.75, 3.05) is 0 Å². The Balaban J connectivity index is 2.07. The molecule has 3 N–H and O–H groups in total. The van der Waals surface area contributed by atoms with Gasteiger partial charge in [0.25, 0.3) is 5.91 Å². The summed E-state index contributed by atoms with van der Waals surface area (Å²) >= 11 is 0. The van der Waals surface area contributed by atoms with Crippen molar-refractivity contribution in [2.24, 2.45) is 5.84 Å². The predicted molar refractivity (Wildman–Crippen MR) is 78.3 cm³/mol. The molecule has 0 unspecified atom stereocenters. The average Bonchev–Trinajstić information content (AvgIpc) is 2.48. The van der Waals surface area contributed by atoms with Gasteiger partial charge in [-0.3, -0.25) is 10.2 Å². The van der Waals surface area contributed by atoms with E-state index in [9.17, 15) is 4.79 Å². The average molecular weight is 270 g/mol. The van der Waals surface area contributed by atoms with Crippen LogP contribution < -0.4 is 16.0 Å². The molecule has 0 bridgehead atoms. The Hall–Kier alpha value is -2.33. The van der Waals surface area contributed by atoms with Gasteiger partial charge in [0.05, 0.1) is 0 Å². The van der Waals surface area contributed by atoms with Crippen LogP contribution in [-0.2, 0) is 6.61 Å². The molecule has 0 radical (unpaired) electrons. The van der Waals surface area contributed by atoms with Crippen LogP contribution in [0.5, 0.6) is 5.75 Å². The molecule has 2 aromatic rings. The minimum absolute atomic E-state index is 0.307. The van der Waals surface area contributed by atoms with Crippen LogP contribution >= 0.6 is 0 Å². The maximum atomic E-state index is 11.4. The predicted octanol–water partition coefficient (Wildman–Crippen LogP) is 2.49. The van der Waals surface area contributed by atoms with Crippen molar-refractivity contribution >= 4 is 5.91 Å². The van der Waals surface area contributed by atoms with Gasteiger partial charge in [-0.15, -0.1) is 0 Å². The molecule has 4 heteroatoms. The van der Waals surface area contributed by atoms with Gasteiger partial charge in [-0.1, -0.05) is 18.2 Å². The zero-order chi connectivity index (χ0) is 14.5. The third kappa shape index (κ3) is 3.36. The normalized spacial score (nSPS) is 10.2. The van der Waals surface area contributed by atoms with E-state index in [1.165, 1.54) is 11.1 Å². The number of amides is 1. The Kier molecular flexibility index (Phi) is 4.38. The molecule has 0 aromatic heterocycles. The van der Waals surface area contributed by atoms with E-state index in [-0.39, 0.29) is 5.91 Å². The molecule has 2 rings (SSSR count). The number of nitrogens with two attached hydrogens (primary N) is 1. The van der Waals surface area contributed by atoms with Gasteiger partial charge in [0.1, 0.15) is 12.4 Å². The second-order valence-corrected chi connectivity index (χ2v) is 4.71. The number of hydrogen-bond acceptors (Lipinski definition) is 3. The van der Waals surface area contributed by atoms with Gasteiger partial charge in [0, 0.05) is 5.56 Å². The van der Waals surface area contributed by atoms with Gasteiger partial charge in [0.2, 0.25) is 0 Å². The van der Waals surface area contributed by atoms with Crippen molar-refractivity contribution in [3.05, 3.63) is 64.7 Å². The molecule has 0 saturated heterocycles. The molecule has 104 valence electrons. The first-order valence-corrected chi connectivity index (χ1v) is 6.40. The van der Waals surface area contributed by atoms with Gasteiger partial charge in [-0.25, -0.2) is 5.84 Å². The minimum Gasteiger partial charge on any atom is -0.489 e. The summed E-state index contributed by atoms with van der Waals surface area (Å²) < 4.78 is 5.73. The summed E-state index contributed by atoms with van der Waals surface area (Å²) in [4.78, 5) is 11.4. The monoisotopic (exact) mass is 270 g/mol. The summed E-state index contributed by atoms with van der Waals surface area (Å²) in [5.74, 6) is 5.63. The molecule has 0 aliphatic carbocycles. The quantitative estimate of drug-likeness (QED) is 0.509. The number of benzene rings is 2. The van der Waals surface area contributed by atoms with Crippen molar-refractivity contribution in [2.45, 2.75) is 20.5 Å². The number of ether oxygens (including phenoxy) is 1. The first-order chi connectivity index (χ1) is 9.60. The van der Waals surface area contributed by atoms with Gasteiger partial charge in [0.15, 0.2) is 0 Å². The number of hydrazine groups is 1. The molecule has 1 amide bonds. The third-order valence-electron chi connectivity index (χ3n) is 3.20. The molecule has 0 fully saturated rings. The minimum atomic E-state index is -0.307. The van der Waals surface area contributed by atoms with Crippen LogP contribution in [0.1, 0.15) is 27.0 Å². The molecular formula is C16H18N2O2. The highest BCUT2D eigenvalue weighted by Crippen LogP contribution is 2.18. The summed E-state index contributed by atoms with van der Waals surface area (Å²) in [6, 6.07) is 13.2. The maximum absolute atomic E-state index is 11.4. The molecule has 0 aliphatic heterocycles. The largest absolute Gasteiger partial charge is 0.489 e. The molecule has 20 heavy (non-hydrogen) atoms. The summed E-state index contributed by atoms with van der Waals surface area (Å²) in [5, 5.41) is 0. The molecule has 2 aromatic carbocycles. The fraction of sp³-hybridized carbons (Fsp3) is 0.188. The van der Waals surface area contributed by atoms with Crippen LogP contribution in [0.15, 0.2) is 42.5 Å². The molecule has 0 saturated carbocycles. The van der Waals surface area contributed by atoms with E-state index in [1.54, 1.807) is 12.1 Å². The number of nitrogen functional groups attached to an aromatic ring is 1. The third-order valence-corrected chi connectivity index (χ3v) is 3.20. The Morgan fingerprint density at radius 1 is 1.15 bits per heavy atom. The Labute approximate surface area is 118 Å². The van der Waals surface area contributed by atoms with Crippen molar-refractivity contribution in [1.82, 2.24) is 5.43 Å². The van der Waals surface area contributed by atoms with Crippen LogP contribution in [0, 0.1) is 13.8 Å². The van der Waals surface area contributed by atoms with E-state index < -0.39 is 0 Å². The van der Waals surface area contributed by atoms with E-state index >= 15 is 0 Å². The molecule has 0 aliphatic rings. The van der Waals surface area contributed by atoms with Crippen LogP contribution in [0.25, 0.3) is 0 Å². The topological polar surface area (TPSA) is 64.3 Å². The standard InChI is InChI=1S/C16H18N2O2/c1-11-6-7-15(8-12(11)2)20-10-13-4-3-5-14(9-13)16(19)18-17/h3-9H,10,17H2,1-2H3,(H,18,19). The van der Waals surface area contributed by atoms with Crippen molar-refractivity contribution in [1.29, 1.82) is 0 Å². The van der Waals surface area contributed by atoms with E-state index in [4.69, 9.17) is 10.6 Å². The van der Waals surface area contributed by atoms with E-state index in [0.29, 0.717) is 12.2 Å². The smallest absolute Gasteiger partial charge is 0.265 e. The molecule has 0 spiro atoms. The van der Waals surface area contributed by atoms with Crippen molar-refractivity contribution in [3.63, 3.8) is 0 Å². The van der Waals surface area contributed by atoms with E-state index in [2.05, 4.69) is 19.3 Å². The number of carbonyl (C=O) groups excluding carboxylic acids is 1. The Morgan fingerprint density at radius 3 is 2.65 bits per heavy atom. The van der Waals surface area contributed by atoms with Gasteiger partial charge < -0.3 is 4.74 Å². The molecule has 0 atom stereocenters. The second-order valence-electron chi connectivity index (χ2n) is 4.71. The highest BCUT2D eigenvalue weighted by atomic mass is 16.5. The number of hydrogen-bond donors (Lipinski definition) is 2. The van der Waals surface area contributed by atoms with E-state index in [1.807, 2.05) is 30.3 Å². The van der Waals surface area contributed by atoms with Gasteiger partial charge >= 0.3 is 0 Å². The summed E-state index contributed by atoms with van der Waals surface area (Å²) in [6.45, 7) is 4.52. The first kappa shape index (κ1) is 14.1. The van der Waals surface area contributed by atoms with Crippen LogP contribution in [-0.4, -0.2) is 5.91 Å². The lowest BCUT2D eigenvalue weighted by molar-refractivity contribution is 0.0953. The summed E-state index contributed by atoms with van der Waals surface area (Å²) in [7, 11) is 0. The zero-order valence-electron chi connectivity index (χ0n) is 11.6. The van der Waals surface area contributed by atoms with E-state index in [0.717, 1.165) is 11.3 Å². The lowest BCUT2D eigenvalue weighted by Crippen LogP contribution is -2.30. The number of aryl methyl sites for hydroxylation is 2. The fourth-order valence-corrected chi connectivity index (χ4v) is 1.86. The van der Waals surface area contributed by atoms with Crippen LogP contribution in [0.4, 0.5) is 0 Å². The second kappa shape index (κ2) is 6.21. The first-order valence-electron chi connectivity index (χ1n) is 6.40. The SMILES string of the molecule is Cc1ccc(OCc2cccc(C(=O)NN)c2)cc1C. The van der Waals surface area contributed by atoms with Crippen molar-refractivity contribution < 1.29 is 9.53 Å². The molecular weight excluding hydrogens is 252 g/mol.